The van der Waals surface area contributed by atoms with Crippen molar-refractivity contribution in [2.24, 2.45) is 4.99 Å². The highest BCUT2D eigenvalue weighted by atomic mass is 19.4. The third-order valence-corrected chi connectivity index (χ3v) is 5.34. The van der Waals surface area contributed by atoms with Crippen LogP contribution in [0.4, 0.5) is 24.8 Å². The second kappa shape index (κ2) is 8.94. The second-order valence-electron chi connectivity index (χ2n) is 8.98. The molecule has 3 N–H and O–H groups in total. The Morgan fingerprint density at radius 3 is 2.40 bits per heavy atom. The summed E-state index contributed by atoms with van der Waals surface area (Å²) in [5.41, 5.74) is 8.34. The Morgan fingerprint density at radius 2 is 1.74 bits per heavy atom. The minimum atomic E-state index is -4.67. The summed E-state index contributed by atoms with van der Waals surface area (Å²) in [5.74, 6) is 0.827. The van der Waals surface area contributed by atoms with E-state index in [4.69, 9.17) is 16.1 Å². The molecule has 0 aliphatic heterocycles. The molecule has 0 spiro atoms. The minimum absolute atomic E-state index is 0.191. The van der Waals surface area contributed by atoms with Gasteiger partial charge in [0.1, 0.15) is 11.5 Å². The number of hydrogen-bond acceptors (Lipinski definition) is 6. The average molecular weight is 480 g/mol. The van der Waals surface area contributed by atoms with Gasteiger partial charge in [-0.2, -0.15) is 13.2 Å². The van der Waals surface area contributed by atoms with Gasteiger partial charge >= 0.3 is 6.18 Å². The van der Waals surface area contributed by atoms with E-state index in [-0.39, 0.29) is 11.5 Å². The summed E-state index contributed by atoms with van der Waals surface area (Å²) in [4.78, 5) is 17.3. The van der Waals surface area contributed by atoms with Crippen LogP contribution in [0.25, 0.3) is 33.5 Å². The SMILES string of the molecule is CC(C)(C)n1c(-c2ccccc2N=CCC(=N)C(F)(F)F)nc2cc(-c3cnc(N)nc3)ccc21. The molecular weight excluding hydrogens is 455 g/mol. The van der Waals surface area contributed by atoms with E-state index in [0.717, 1.165) is 28.4 Å². The molecule has 4 aromatic rings. The first-order valence-corrected chi connectivity index (χ1v) is 10.8. The summed E-state index contributed by atoms with van der Waals surface area (Å²) in [6, 6.07) is 13.0. The van der Waals surface area contributed by atoms with Gasteiger partial charge < -0.3 is 15.7 Å². The molecule has 0 unspecified atom stereocenters. The maximum Gasteiger partial charge on any atom is 0.429 e. The quantitative estimate of drug-likeness (QED) is 0.334. The zero-order chi connectivity index (χ0) is 25.4. The number of nitrogens with one attached hydrogen (secondary N) is 1. The first kappa shape index (κ1) is 24.1. The van der Waals surface area contributed by atoms with Crippen LogP contribution in [0.1, 0.15) is 27.2 Å². The number of fused-ring (bicyclic) bond motifs is 1. The van der Waals surface area contributed by atoms with Crippen molar-refractivity contribution in [2.45, 2.75) is 38.9 Å². The molecule has 2 aromatic carbocycles. The number of benzene rings is 2. The van der Waals surface area contributed by atoms with Crippen molar-refractivity contribution >= 4 is 34.6 Å². The van der Waals surface area contributed by atoms with Gasteiger partial charge in [-0.3, -0.25) is 4.99 Å². The van der Waals surface area contributed by atoms with Gasteiger partial charge in [-0.15, -0.1) is 0 Å². The van der Waals surface area contributed by atoms with Gasteiger partial charge in [0, 0.05) is 41.7 Å². The van der Waals surface area contributed by atoms with E-state index in [9.17, 15) is 13.2 Å². The van der Waals surface area contributed by atoms with Crippen LogP contribution in [-0.4, -0.2) is 37.6 Å². The van der Waals surface area contributed by atoms with Gasteiger partial charge in [-0.05, 0) is 50.6 Å². The molecule has 35 heavy (non-hydrogen) atoms. The van der Waals surface area contributed by atoms with Crippen LogP contribution in [0.15, 0.2) is 59.9 Å². The number of rotatable bonds is 5. The van der Waals surface area contributed by atoms with Gasteiger partial charge in [0.2, 0.25) is 5.95 Å². The average Bonchev–Trinajstić information content (AvgIpc) is 3.18. The van der Waals surface area contributed by atoms with Crippen LogP contribution in [0.3, 0.4) is 0 Å². The van der Waals surface area contributed by atoms with Gasteiger partial charge in [-0.1, -0.05) is 18.2 Å². The maximum absolute atomic E-state index is 12.7. The molecule has 0 aliphatic rings. The molecule has 0 amide bonds. The van der Waals surface area contributed by atoms with Crippen LogP contribution in [0.2, 0.25) is 0 Å². The van der Waals surface area contributed by atoms with Crippen molar-refractivity contribution < 1.29 is 13.2 Å². The Hall–Kier alpha value is -4.08. The zero-order valence-electron chi connectivity index (χ0n) is 19.4. The number of nitrogens with zero attached hydrogens (tertiary/aromatic N) is 5. The fraction of sp³-hybridized carbons (Fsp3) is 0.240. The van der Waals surface area contributed by atoms with Crippen molar-refractivity contribution in [1.82, 2.24) is 19.5 Å². The lowest BCUT2D eigenvalue weighted by molar-refractivity contribution is -0.0604. The van der Waals surface area contributed by atoms with Crippen molar-refractivity contribution in [2.75, 3.05) is 5.73 Å². The molecular formula is C25H24F3N7. The molecule has 180 valence electrons. The van der Waals surface area contributed by atoms with E-state index in [0.29, 0.717) is 17.1 Å². The van der Waals surface area contributed by atoms with E-state index in [1.165, 1.54) is 0 Å². The molecule has 0 fully saturated rings. The van der Waals surface area contributed by atoms with Gasteiger partial charge in [-0.25, -0.2) is 15.0 Å². The standard InChI is InChI=1S/C25H24F3N7/c1-24(2,3)35-20-9-8-15(16-13-32-23(30)33-14-16)12-19(20)34-22(35)17-6-4-5-7-18(17)31-11-10-21(29)25(26,27)28/h4-9,11-14,29H,10H2,1-3H3,(H2,30,32,33). The zero-order valence-corrected chi connectivity index (χ0v) is 19.4. The van der Waals surface area contributed by atoms with Gasteiger partial charge in [0.25, 0.3) is 0 Å². The van der Waals surface area contributed by atoms with E-state index in [1.807, 2.05) is 30.3 Å². The fourth-order valence-electron chi connectivity index (χ4n) is 3.73. The molecule has 4 rings (SSSR count). The van der Waals surface area contributed by atoms with Crippen LogP contribution in [0, 0.1) is 5.41 Å². The summed E-state index contributed by atoms with van der Waals surface area (Å²) in [7, 11) is 0. The maximum atomic E-state index is 12.7. The van der Waals surface area contributed by atoms with Crippen LogP contribution in [0.5, 0.6) is 0 Å². The highest BCUT2D eigenvalue weighted by Crippen LogP contribution is 2.37. The molecule has 10 heteroatoms. The topological polar surface area (TPSA) is 106 Å². The highest BCUT2D eigenvalue weighted by molar-refractivity contribution is 5.98. The third kappa shape index (κ3) is 5.06. The normalized spacial score (nSPS) is 12.5. The number of imidazole rings is 1. The Morgan fingerprint density at radius 1 is 1.06 bits per heavy atom. The number of hydrogen-bond donors (Lipinski definition) is 2. The number of aromatic nitrogens is 4. The molecule has 2 aromatic heterocycles. The predicted molar refractivity (Wildman–Crippen MR) is 132 cm³/mol. The molecule has 0 bridgehead atoms. The Kier molecular flexibility index (Phi) is 6.14. The Bertz CT molecular complexity index is 1410. The molecule has 0 radical (unpaired) electrons. The summed E-state index contributed by atoms with van der Waals surface area (Å²) >= 11 is 0. The second-order valence-corrected chi connectivity index (χ2v) is 8.98. The van der Waals surface area contributed by atoms with Crippen molar-refractivity contribution in [3.05, 3.63) is 54.9 Å². The van der Waals surface area contributed by atoms with Gasteiger partial charge in [0.15, 0.2) is 0 Å². The third-order valence-electron chi connectivity index (χ3n) is 5.34. The lowest BCUT2D eigenvalue weighted by Gasteiger charge is -2.25. The van der Waals surface area contributed by atoms with E-state index < -0.39 is 18.3 Å². The number of aliphatic imine (C=N–C) groups is 1. The number of nitrogens with two attached hydrogens (primary N) is 1. The molecule has 7 nitrogen and oxygen atoms in total. The minimum Gasteiger partial charge on any atom is -0.368 e. The number of halogens is 3. The number of para-hydroxylation sites is 1. The summed E-state index contributed by atoms with van der Waals surface area (Å²) in [6.45, 7) is 6.15. The number of alkyl halides is 3. The molecule has 0 aliphatic carbocycles. The van der Waals surface area contributed by atoms with Crippen LogP contribution in [-0.2, 0) is 5.54 Å². The van der Waals surface area contributed by atoms with E-state index in [1.54, 1.807) is 24.5 Å². The van der Waals surface area contributed by atoms with Gasteiger partial charge in [0.05, 0.1) is 16.7 Å². The number of anilines is 1. The van der Waals surface area contributed by atoms with Crippen molar-refractivity contribution in [1.29, 1.82) is 5.41 Å². The van der Waals surface area contributed by atoms with Crippen molar-refractivity contribution in [3.63, 3.8) is 0 Å². The largest absolute Gasteiger partial charge is 0.429 e. The van der Waals surface area contributed by atoms with Crippen LogP contribution < -0.4 is 5.73 Å². The van der Waals surface area contributed by atoms with Crippen LogP contribution >= 0.6 is 0 Å². The Balaban J connectivity index is 1.82. The summed E-state index contributed by atoms with van der Waals surface area (Å²) < 4.78 is 40.1. The molecule has 2 heterocycles. The monoisotopic (exact) mass is 479 g/mol. The smallest absolute Gasteiger partial charge is 0.368 e. The predicted octanol–water partition coefficient (Wildman–Crippen LogP) is 6.17. The molecule has 0 saturated heterocycles. The summed E-state index contributed by atoms with van der Waals surface area (Å²) in [5, 5.41) is 7.17. The number of nitrogen functional groups attached to an aromatic ring is 1. The van der Waals surface area contributed by atoms with E-state index in [2.05, 4.69) is 40.3 Å². The Labute approximate surface area is 200 Å². The summed E-state index contributed by atoms with van der Waals surface area (Å²) in [6.07, 6.45) is -0.876. The first-order chi connectivity index (χ1) is 16.4. The highest BCUT2D eigenvalue weighted by Gasteiger charge is 2.33. The lowest BCUT2D eigenvalue weighted by Crippen LogP contribution is -2.22. The lowest BCUT2D eigenvalue weighted by atomic mass is 10.1. The fourth-order valence-corrected chi connectivity index (χ4v) is 3.73. The molecule has 0 atom stereocenters. The van der Waals surface area contributed by atoms with Crippen molar-refractivity contribution in [3.8, 4) is 22.5 Å². The van der Waals surface area contributed by atoms with E-state index >= 15 is 0 Å². The molecule has 0 saturated carbocycles. The first-order valence-electron chi connectivity index (χ1n) is 10.8.